The summed E-state index contributed by atoms with van der Waals surface area (Å²) in [4.78, 5) is 21.9. The molecular weight excluding hydrogens is 216 g/mol. The Bertz CT molecular complexity index is 362. The highest BCUT2D eigenvalue weighted by molar-refractivity contribution is 5.92. The van der Waals surface area contributed by atoms with Crippen molar-refractivity contribution in [3.63, 3.8) is 0 Å². The summed E-state index contributed by atoms with van der Waals surface area (Å²) in [5.41, 5.74) is 0.424. The second kappa shape index (κ2) is 5.72. The predicted octanol–water partition coefficient (Wildman–Crippen LogP) is 0.691. The first-order valence-electron chi connectivity index (χ1n) is 6.05. The molecule has 92 valence electrons. The topological polar surface area (TPSA) is 58.1 Å². The van der Waals surface area contributed by atoms with E-state index in [0.29, 0.717) is 5.69 Å². The van der Waals surface area contributed by atoms with Gasteiger partial charge in [0.25, 0.3) is 5.91 Å². The first-order chi connectivity index (χ1) is 8.25. The van der Waals surface area contributed by atoms with Gasteiger partial charge in [-0.15, -0.1) is 0 Å². The predicted molar refractivity (Wildman–Crippen MR) is 64.6 cm³/mol. The van der Waals surface area contributed by atoms with Crippen molar-refractivity contribution in [1.82, 2.24) is 20.2 Å². The monoisotopic (exact) mass is 234 g/mol. The van der Waals surface area contributed by atoms with Crippen LogP contribution in [0.4, 0.5) is 0 Å². The number of carbonyl (C=O) groups excluding carboxylic acids is 1. The average Bonchev–Trinajstić information content (AvgIpc) is 2.82. The van der Waals surface area contributed by atoms with E-state index in [9.17, 15) is 4.79 Å². The molecular formula is C12H18N4O. The number of hydrogen-bond acceptors (Lipinski definition) is 4. The van der Waals surface area contributed by atoms with Crippen LogP contribution in [0, 0.1) is 0 Å². The van der Waals surface area contributed by atoms with Crippen molar-refractivity contribution in [1.29, 1.82) is 0 Å². The van der Waals surface area contributed by atoms with Crippen LogP contribution in [0.3, 0.4) is 0 Å². The van der Waals surface area contributed by atoms with E-state index in [4.69, 9.17) is 0 Å². The zero-order chi connectivity index (χ0) is 12.1. The van der Waals surface area contributed by atoms with Crippen LogP contribution in [0.2, 0.25) is 0 Å². The molecule has 1 aliphatic rings. The molecule has 2 heterocycles. The molecule has 1 N–H and O–H groups in total. The van der Waals surface area contributed by atoms with E-state index in [2.05, 4.69) is 20.2 Å². The zero-order valence-electron chi connectivity index (χ0n) is 10.1. The molecule has 5 nitrogen and oxygen atoms in total. The van der Waals surface area contributed by atoms with Crippen molar-refractivity contribution in [2.45, 2.75) is 25.8 Å². The molecule has 0 radical (unpaired) electrons. The third kappa shape index (κ3) is 3.49. The number of likely N-dealkylation sites (tertiary alicyclic amines) is 1. The van der Waals surface area contributed by atoms with Crippen LogP contribution >= 0.6 is 0 Å². The summed E-state index contributed by atoms with van der Waals surface area (Å²) in [5, 5.41) is 2.95. The van der Waals surface area contributed by atoms with Crippen molar-refractivity contribution in [3.05, 3.63) is 24.3 Å². The normalized spacial score (nSPS) is 17.9. The smallest absolute Gasteiger partial charge is 0.270 e. The number of nitrogens with zero attached hydrogens (tertiary/aromatic N) is 3. The van der Waals surface area contributed by atoms with Gasteiger partial charge in [-0.25, -0.2) is 9.97 Å². The third-order valence-electron chi connectivity index (χ3n) is 2.92. The van der Waals surface area contributed by atoms with E-state index in [0.717, 1.165) is 19.6 Å². The molecule has 1 atom stereocenters. The molecule has 0 bridgehead atoms. The van der Waals surface area contributed by atoms with E-state index >= 15 is 0 Å². The second-order valence-electron chi connectivity index (χ2n) is 4.48. The zero-order valence-corrected chi connectivity index (χ0v) is 10.1. The van der Waals surface area contributed by atoms with Crippen molar-refractivity contribution in [2.24, 2.45) is 0 Å². The Balaban J connectivity index is 1.81. The minimum absolute atomic E-state index is 0.126. The fourth-order valence-corrected chi connectivity index (χ4v) is 2.12. The van der Waals surface area contributed by atoms with E-state index in [-0.39, 0.29) is 11.9 Å². The number of hydrogen-bond donors (Lipinski definition) is 1. The van der Waals surface area contributed by atoms with Gasteiger partial charge in [0.2, 0.25) is 0 Å². The largest absolute Gasteiger partial charge is 0.347 e. The lowest BCUT2D eigenvalue weighted by Crippen LogP contribution is -2.41. The van der Waals surface area contributed by atoms with Gasteiger partial charge in [-0.2, -0.15) is 0 Å². The minimum Gasteiger partial charge on any atom is -0.347 e. The number of amides is 1. The molecule has 0 unspecified atom stereocenters. The average molecular weight is 234 g/mol. The van der Waals surface area contributed by atoms with E-state index in [1.165, 1.54) is 19.2 Å². The summed E-state index contributed by atoms with van der Waals surface area (Å²) in [7, 11) is 0. The minimum atomic E-state index is -0.126. The summed E-state index contributed by atoms with van der Waals surface area (Å²) < 4.78 is 0. The van der Waals surface area contributed by atoms with Crippen LogP contribution in [0.1, 0.15) is 30.3 Å². The van der Waals surface area contributed by atoms with Crippen molar-refractivity contribution < 1.29 is 4.79 Å². The van der Waals surface area contributed by atoms with Gasteiger partial charge in [-0.05, 0) is 38.9 Å². The quantitative estimate of drug-likeness (QED) is 0.832. The molecule has 2 rings (SSSR count). The first kappa shape index (κ1) is 12.0. The van der Waals surface area contributed by atoms with E-state index in [1.54, 1.807) is 12.3 Å². The molecule has 0 spiro atoms. The molecule has 1 aliphatic heterocycles. The van der Waals surface area contributed by atoms with Crippen LogP contribution < -0.4 is 5.32 Å². The van der Waals surface area contributed by atoms with Gasteiger partial charge in [0.15, 0.2) is 0 Å². The summed E-state index contributed by atoms with van der Waals surface area (Å²) in [6.45, 7) is 5.23. The molecule has 1 amide bonds. The lowest BCUT2D eigenvalue weighted by Gasteiger charge is -2.20. The second-order valence-corrected chi connectivity index (χ2v) is 4.48. The number of rotatable bonds is 4. The number of carbonyl (C=O) groups is 1. The molecule has 0 aliphatic carbocycles. The summed E-state index contributed by atoms with van der Waals surface area (Å²) in [6, 6.07) is 1.77. The first-order valence-corrected chi connectivity index (χ1v) is 6.05. The van der Waals surface area contributed by atoms with Gasteiger partial charge in [-0.1, -0.05) is 0 Å². The maximum absolute atomic E-state index is 11.8. The summed E-state index contributed by atoms with van der Waals surface area (Å²) in [6.07, 6.45) is 5.51. The highest BCUT2D eigenvalue weighted by Crippen LogP contribution is 2.07. The summed E-state index contributed by atoms with van der Waals surface area (Å²) in [5.74, 6) is -0.126. The van der Waals surface area contributed by atoms with Gasteiger partial charge >= 0.3 is 0 Å². The van der Waals surface area contributed by atoms with E-state index < -0.39 is 0 Å². The third-order valence-corrected chi connectivity index (χ3v) is 2.92. The van der Waals surface area contributed by atoms with Gasteiger partial charge in [0, 0.05) is 18.8 Å². The highest BCUT2D eigenvalue weighted by Gasteiger charge is 2.16. The maximum Gasteiger partial charge on any atom is 0.270 e. The lowest BCUT2D eigenvalue weighted by molar-refractivity contribution is 0.0926. The number of aromatic nitrogens is 2. The highest BCUT2D eigenvalue weighted by atomic mass is 16.1. The van der Waals surface area contributed by atoms with E-state index in [1.807, 2.05) is 6.92 Å². The Labute approximate surface area is 101 Å². The number of nitrogens with one attached hydrogen (secondary N) is 1. The lowest BCUT2D eigenvalue weighted by atomic mass is 10.3. The van der Waals surface area contributed by atoms with Gasteiger partial charge < -0.3 is 10.2 Å². The van der Waals surface area contributed by atoms with Gasteiger partial charge in [0.1, 0.15) is 12.0 Å². The Hall–Kier alpha value is -1.49. The molecule has 0 aromatic carbocycles. The standard InChI is InChI=1S/C12H18N4O/c1-10(8-16-6-2-3-7-16)15-12(17)11-4-5-13-9-14-11/h4-5,9-10H,2-3,6-8H2,1H3,(H,15,17)/t10-/m1/s1. The molecule has 1 aromatic rings. The van der Waals surface area contributed by atoms with Gasteiger partial charge in [-0.3, -0.25) is 4.79 Å². The van der Waals surface area contributed by atoms with Crippen LogP contribution in [-0.4, -0.2) is 46.5 Å². The van der Waals surface area contributed by atoms with Crippen LogP contribution in [0.15, 0.2) is 18.6 Å². The Morgan fingerprint density at radius 2 is 2.29 bits per heavy atom. The van der Waals surface area contributed by atoms with Crippen LogP contribution in [0.25, 0.3) is 0 Å². The molecule has 1 fully saturated rings. The molecule has 5 heteroatoms. The van der Waals surface area contributed by atoms with Crippen molar-refractivity contribution in [2.75, 3.05) is 19.6 Å². The molecule has 0 saturated carbocycles. The summed E-state index contributed by atoms with van der Waals surface area (Å²) >= 11 is 0. The Kier molecular flexibility index (Phi) is 4.03. The SMILES string of the molecule is C[C@H](CN1CCCC1)NC(=O)c1ccncn1. The molecule has 17 heavy (non-hydrogen) atoms. The fraction of sp³-hybridized carbons (Fsp3) is 0.583. The Morgan fingerprint density at radius 3 is 2.94 bits per heavy atom. The maximum atomic E-state index is 11.8. The van der Waals surface area contributed by atoms with Gasteiger partial charge in [0.05, 0.1) is 0 Å². The van der Waals surface area contributed by atoms with Crippen LogP contribution in [0.5, 0.6) is 0 Å². The van der Waals surface area contributed by atoms with Crippen LogP contribution in [-0.2, 0) is 0 Å². The Morgan fingerprint density at radius 1 is 1.53 bits per heavy atom. The van der Waals surface area contributed by atoms with Crippen molar-refractivity contribution in [3.8, 4) is 0 Å². The molecule has 1 saturated heterocycles. The van der Waals surface area contributed by atoms with Crippen molar-refractivity contribution >= 4 is 5.91 Å². The molecule has 1 aromatic heterocycles. The fourth-order valence-electron chi connectivity index (χ4n) is 2.12.